The summed E-state index contributed by atoms with van der Waals surface area (Å²) in [7, 11) is 8.70. The third kappa shape index (κ3) is 3.53. The van der Waals surface area contributed by atoms with Gasteiger partial charge in [-0.25, -0.2) is 0 Å². The Morgan fingerprint density at radius 2 is 1.36 bits per heavy atom. The molecule has 0 radical (unpaired) electrons. The average Bonchev–Trinajstić information content (AvgIpc) is 2.34. The van der Waals surface area contributed by atoms with E-state index in [0.29, 0.717) is 0 Å². The van der Waals surface area contributed by atoms with Gasteiger partial charge in [0.25, 0.3) is 0 Å². The summed E-state index contributed by atoms with van der Waals surface area (Å²) in [6, 6.07) is 1.64. The molecule has 0 aliphatic carbocycles. The fourth-order valence-electron chi connectivity index (χ4n) is 2.37. The van der Waals surface area contributed by atoms with Crippen LogP contribution in [0.3, 0.4) is 0 Å². The van der Waals surface area contributed by atoms with Gasteiger partial charge >= 0.3 is 16.5 Å². The molecule has 3 nitrogen and oxygen atoms in total. The van der Waals surface area contributed by atoms with Crippen molar-refractivity contribution < 1.29 is 0 Å². The van der Waals surface area contributed by atoms with Crippen molar-refractivity contribution in [3.63, 3.8) is 0 Å². The molecule has 0 spiro atoms. The first-order valence-electron chi connectivity index (χ1n) is 5.52. The SMILES string of the molecule is CN(C)C[C@@H]1CC[C@@H](CN(C)C)[N]1[AlH2]. The third-order valence-electron chi connectivity index (χ3n) is 3.14. The van der Waals surface area contributed by atoms with Crippen molar-refractivity contribution in [3.05, 3.63) is 0 Å². The lowest BCUT2D eigenvalue weighted by atomic mass is 10.2. The van der Waals surface area contributed by atoms with Gasteiger partial charge < -0.3 is 13.7 Å². The van der Waals surface area contributed by atoms with E-state index in [1.165, 1.54) is 42.4 Å². The standard InChI is InChI=1S/C10H22N3.Al.2H/c1-12(2)7-9-5-6-10(11-9)8-13(3)4;;;/h9-10H,5-8H2,1-4H3;;;/q-1;+1;;/t9-,10-;;;/m0.../s1. The number of hydrogen-bond donors (Lipinski definition) is 0. The zero-order valence-corrected chi connectivity index (χ0v) is 12.3. The van der Waals surface area contributed by atoms with Gasteiger partial charge in [0.15, 0.2) is 0 Å². The lowest BCUT2D eigenvalue weighted by molar-refractivity contribution is 0.237. The van der Waals surface area contributed by atoms with Crippen molar-refractivity contribution in [1.29, 1.82) is 0 Å². The number of nitrogens with zero attached hydrogens (tertiary/aromatic N) is 3. The van der Waals surface area contributed by atoms with Gasteiger partial charge in [0.2, 0.25) is 0 Å². The van der Waals surface area contributed by atoms with E-state index in [1.807, 2.05) is 0 Å². The van der Waals surface area contributed by atoms with E-state index in [0.717, 1.165) is 12.1 Å². The number of likely N-dealkylation sites (N-methyl/N-ethyl adjacent to an activating group) is 2. The molecule has 1 aliphatic rings. The van der Waals surface area contributed by atoms with Crippen LogP contribution in [0.15, 0.2) is 0 Å². The highest BCUT2D eigenvalue weighted by Gasteiger charge is 2.29. The monoisotopic (exact) mass is 213 g/mol. The molecule has 0 unspecified atom stereocenters. The first-order valence-corrected chi connectivity index (χ1v) is 6.41. The smallest absolute Gasteiger partial charge is 0.322 e. The highest BCUT2D eigenvalue weighted by atomic mass is 27.1. The van der Waals surface area contributed by atoms with Crippen LogP contribution in [0.4, 0.5) is 0 Å². The Hall–Kier alpha value is 0.412. The van der Waals surface area contributed by atoms with Crippen molar-refractivity contribution in [1.82, 2.24) is 13.7 Å². The number of rotatable bonds is 4. The van der Waals surface area contributed by atoms with Gasteiger partial charge in [0.05, 0.1) is 0 Å². The van der Waals surface area contributed by atoms with Crippen LogP contribution in [-0.2, 0) is 0 Å². The molecule has 0 saturated carbocycles. The van der Waals surface area contributed by atoms with Crippen LogP contribution in [0.2, 0.25) is 0 Å². The van der Waals surface area contributed by atoms with Gasteiger partial charge in [-0.3, -0.25) is 0 Å². The van der Waals surface area contributed by atoms with Crippen LogP contribution in [0.5, 0.6) is 0 Å². The van der Waals surface area contributed by atoms with Crippen LogP contribution < -0.4 is 0 Å². The summed E-state index contributed by atoms with van der Waals surface area (Å²) in [5, 5.41) is 0. The first-order chi connectivity index (χ1) is 6.50. The van der Waals surface area contributed by atoms with Crippen molar-refractivity contribution in [3.8, 4) is 0 Å². The van der Waals surface area contributed by atoms with Crippen LogP contribution in [0.1, 0.15) is 12.8 Å². The molecule has 1 aliphatic heterocycles. The molecule has 1 saturated heterocycles. The molecule has 2 atom stereocenters. The summed E-state index contributed by atoms with van der Waals surface area (Å²) in [5.74, 6) is 0. The lowest BCUT2D eigenvalue weighted by Gasteiger charge is -2.30. The molecule has 0 amide bonds. The Morgan fingerprint density at radius 3 is 1.64 bits per heavy atom. The molecule has 4 heteroatoms. The summed E-state index contributed by atoms with van der Waals surface area (Å²) < 4.78 is 2.69. The van der Waals surface area contributed by atoms with E-state index in [9.17, 15) is 0 Å². The molecule has 82 valence electrons. The predicted molar refractivity (Wildman–Crippen MR) is 64.3 cm³/mol. The topological polar surface area (TPSA) is 9.72 Å². The molecule has 14 heavy (non-hydrogen) atoms. The highest BCUT2D eigenvalue weighted by molar-refractivity contribution is 6.05. The maximum Gasteiger partial charge on any atom is 0.322 e. The second kappa shape index (κ2) is 5.48. The van der Waals surface area contributed by atoms with E-state index in [4.69, 9.17) is 0 Å². The summed E-state index contributed by atoms with van der Waals surface area (Å²) in [6.45, 7) is 2.46. The van der Waals surface area contributed by atoms with E-state index >= 15 is 0 Å². The van der Waals surface area contributed by atoms with E-state index in [2.05, 4.69) is 41.9 Å². The molecule has 0 aromatic heterocycles. The Kier molecular flexibility index (Phi) is 4.89. The van der Waals surface area contributed by atoms with E-state index in [1.54, 1.807) is 0 Å². The maximum atomic E-state index is 2.69. The Morgan fingerprint density at radius 1 is 1.00 bits per heavy atom. The summed E-state index contributed by atoms with van der Waals surface area (Å²) >= 11 is 1.21. The van der Waals surface area contributed by atoms with Crippen LogP contribution in [-0.4, -0.2) is 83.6 Å². The highest BCUT2D eigenvalue weighted by Crippen LogP contribution is 2.22. The van der Waals surface area contributed by atoms with Gasteiger partial charge in [0.1, 0.15) is 0 Å². The fourth-order valence-corrected chi connectivity index (χ4v) is 3.22. The zero-order valence-electron chi connectivity index (χ0n) is 10.3. The van der Waals surface area contributed by atoms with Crippen LogP contribution in [0.25, 0.3) is 0 Å². The van der Waals surface area contributed by atoms with Crippen molar-refractivity contribution >= 4 is 16.5 Å². The van der Waals surface area contributed by atoms with Crippen molar-refractivity contribution in [2.45, 2.75) is 24.9 Å². The molecular weight excluding hydrogens is 189 g/mol. The maximum absolute atomic E-state index is 2.69. The normalized spacial score (nSPS) is 29.3. The molecule has 0 bridgehead atoms. The molecular formula is C10H24AlN3. The minimum atomic E-state index is 0.821. The first kappa shape index (κ1) is 12.5. The third-order valence-corrected chi connectivity index (χ3v) is 4.60. The van der Waals surface area contributed by atoms with Gasteiger partial charge in [-0.1, -0.05) is 0 Å². The zero-order chi connectivity index (χ0) is 10.7. The van der Waals surface area contributed by atoms with Gasteiger partial charge in [-0.2, -0.15) is 0 Å². The van der Waals surface area contributed by atoms with Crippen molar-refractivity contribution in [2.24, 2.45) is 0 Å². The molecule has 0 aromatic carbocycles. The largest absolute Gasteiger partial charge is 0.383 e. The van der Waals surface area contributed by atoms with Crippen LogP contribution >= 0.6 is 0 Å². The van der Waals surface area contributed by atoms with E-state index < -0.39 is 0 Å². The summed E-state index contributed by atoms with van der Waals surface area (Å²) in [6.07, 6.45) is 2.78. The Balaban J connectivity index is 2.38. The summed E-state index contributed by atoms with van der Waals surface area (Å²) in [5.41, 5.74) is 0. The molecule has 1 rings (SSSR count). The number of hydrogen-bond acceptors (Lipinski definition) is 3. The second-order valence-electron chi connectivity index (χ2n) is 5.07. The minimum Gasteiger partial charge on any atom is -0.383 e. The Bertz CT molecular complexity index is 155. The Labute approximate surface area is 96.7 Å². The fraction of sp³-hybridized carbons (Fsp3) is 1.00. The van der Waals surface area contributed by atoms with Crippen LogP contribution in [0, 0.1) is 0 Å². The molecule has 0 N–H and O–H groups in total. The van der Waals surface area contributed by atoms with Gasteiger partial charge in [-0.15, -0.1) is 0 Å². The van der Waals surface area contributed by atoms with Gasteiger partial charge in [-0.05, 0) is 41.0 Å². The predicted octanol–water partition coefficient (Wildman–Crippen LogP) is -0.509. The molecule has 1 heterocycles. The molecule has 0 aromatic rings. The minimum absolute atomic E-state index is 0.821. The molecule has 1 fully saturated rings. The van der Waals surface area contributed by atoms with Crippen molar-refractivity contribution in [2.75, 3.05) is 41.3 Å². The lowest BCUT2D eigenvalue weighted by Crippen LogP contribution is -2.43. The quantitative estimate of drug-likeness (QED) is 0.582. The van der Waals surface area contributed by atoms with Gasteiger partial charge in [0, 0.05) is 25.2 Å². The average molecular weight is 213 g/mol. The second-order valence-corrected chi connectivity index (χ2v) is 6.11. The van der Waals surface area contributed by atoms with E-state index in [-0.39, 0.29) is 0 Å². The summed E-state index contributed by atoms with van der Waals surface area (Å²) in [4.78, 5) is 4.63.